The van der Waals surface area contributed by atoms with Crippen LogP contribution < -0.4 is 5.32 Å². The minimum Gasteiger partial charge on any atom is -0.352 e. The molecule has 6 heteroatoms. The number of carbonyl (C=O) groups is 2. The van der Waals surface area contributed by atoms with Crippen molar-refractivity contribution in [3.05, 3.63) is 35.6 Å². The fourth-order valence-electron chi connectivity index (χ4n) is 2.72. The topological polar surface area (TPSA) is 49.4 Å². The van der Waals surface area contributed by atoms with Gasteiger partial charge in [-0.25, -0.2) is 4.39 Å². The number of halogens is 1. The van der Waals surface area contributed by atoms with Crippen LogP contribution in [-0.4, -0.2) is 34.6 Å². The minimum atomic E-state index is -0.483. The molecule has 0 bridgehead atoms. The summed E-state index contributed by atoms with van der Waals surface area (Å²) in [7, 11) is 0. The van der Waals surface area contributed by atoms with E-state index in [0.29, 0.717) is 5.75 Å². The molecule has 124 valence electrons. The third-order valence-corrected chi connectivity index (χ3v) is 5.43. The van der Waals surface area contributed by atoms with Crippen molar-refractivity contribution in [1.82, 2.24) is 10.2 Å². The van der Waals surface area contributed by atoms with Crippen molar-refractivity contribution in [3.63, 3.8) is 0 Å². The highest BCUT2D eigenvalue weighted by Gasteiger charge is 2.43. The molecule has 1 aliphatic carbocycles. The van der Waals surface area contributed by atoms with Gasteiger partial charge >= 0.3 is 0 Å². The third kappa shape index (κ3) is 3.52. The van der Waals surface area contributed by atoms with E-state index in [1.165, 1.54) is 23.9 Å². The summed E-state index contributed by atoms with van der Waals surface area (Å²) in [6.07, 6.45) is 2.02. The molecule has 4 nitrogen and oxygen atoms in total. The molecule has 2 fully saturated rings. The molecule has 1 heterocycles. The van der Waals surface area contributed by atoms with Crippen LogP contribution >= 0.6 is 11.8 Å². The van der Waals surface area contributed by atoms with Gasteiger partial charge in [0.15, 0.2) is 0 Å². The number of benzene rings is 1. The molecule has 0 radical (unpaired) electrons. The number of carbonyl (C=O) groups excluding carboxylic acids is 2. The van der Waals surface area contributed by atoms with Crippen molar-refractivity contribution < 1.29 is 14.0 Å². The lowest BCUT2D eigenvalue weighted by molar-refractivity contribution is -0.142. The number of nitrogens with one attached hydrogen (secondary N) is 1. The zero-order valence-electron chi connectivity index (χ0n) is 13.3. The van der Waals surface area contributed by atoms with E-state index < -0.39 is 6.04 Å². The van der Waals surface area contributed by atoms with Crippen LogP contribution in [0.25, 0.3) is 0 Å². The van der Waals surface area contributed by atoms with E-state index in [1.54, 1.807) is 11.0 Å². The molecule has 2 atom stereocenters. The largest absolute Gasteiger partial charge is 0.352 e. The SMILES string of the molecule is CC(C)C(=O)N1C(C(=O)NC2CC2)CSC1c1cccc(F)c1. The first-order valence-electron chi connectivity index (χ1n) is 7.97. The molecule has 23 heavy (non-hydrogen) atoms. The van der Waals surface area contributed by atoms with Gasteiger partial charge in [-0.15, -0.1) is 11.8 Å². The van der Waals surface area contributed by atoms with Gasteiger partial charge in [0.05, 0.1) is 0 Å². The predicted octanol–water partition coefficient (Wildman–Crippen LogP) is 2.70. The van der Waals surface area contributed by atoms with Crippen molar-refractivity contribution in [2.24, 2.45) is 5.92 Å². The Kier molecular flexibility index (Phi) is 4.62. The second-order valence-electron chi connectivity index (χ2n) is 6.44. The van der Waals surface area contributed by atoms with Crippen LogP contribution in [0, 0.1) is 11.7 Å². The van der Waals surface area contributed by atoms with E-state index in [9.17, 15) is 14.0 Å². The molecule has 2 amide bonds. The van der Waals surface area contributed by atoms with Gasteiger partial charge in [0, 0.05) is 17.7 Å². The standard InChI is InChI=1S/C17H21FN2O2S/c1-10(2)16(22)20-14(15(21)19-13-6-7-13)9-23-17(20)11-4-3-5-12(18)8-11/h3-5,8,10,13-14,17H,6-7,9H2,1-2H3,(H,19,21). The fourth-order valence-corrected chi connectivity index (χ4v) is 4.14. The van der Waals surface area contributed by atoms with Crippen molar-refractivity contribution in [3.8, 4) is 0 Å². The Bertz CT molecular complexity index is 618. The molecule has 1 aromatic carbocycles. The van der Waals surface area contributed by atoms with E-state index in [-0.39, 0.29) is 35.0 Å². The van der Waals surface area contributed by atoms with Crippen LogP contribution in [0.1, 0.15) is 37.6 Å². The molecule has 1 saturated heterocycles. The number of rotatable bonds is 4. The minimum absolute atomic E-state index is 0.0693. The zero-order chi connectivity index (χ0) is 16.6. The fraction of sp³-hybridized carbons (Fsp3) is 0.529. The zero-order valence-corrected chi connectivity index (χ0v) is 14.1. The highest BCUT2D eigenvalue weighted by molar-refractivity contribution is 7.99. The maximum absolute atomic E-state index is 13.6. The second-order valence-corrected chi connectivity index (χ2v) is 7.55. The summed E-state index contributed by atoms with van der Waals surface area (Å²) in [5.41, 5.74) is 0.728. The summed E-state index contributed by atoms with van der Waals surface area (Å²) in [5, 5.41) is 2.67. The van der Waals surface area contributed by atoms with E-state index in [4.69, 9.17) is 0 Å². The van der Waals surface area contributed by atoms with E-state index in [1.807, 2.05) is 19.9 Å². The summed E-state index contributed by atoms with van der Waals surface area (Å²) < 4.78 is 13.6. The lowest BCUT2D eigenvalue weighted by atomic mass is 10.1. The van der Waals surface area contributed by atoms with Crippen molar-refractivity contribution >= 4 is 23.6 Å². The van der Waals surface area contributed by atoms with Gasteiger partial charge in [-0.05, 0) is 30.5 Å². The lowest BCUT2D eigenvalue weighted by Crippen LogP contribution is -2.49. The first-order chi connectivity index (χ1) is 11.0. The maximum Gasteiger partial charge on any atom is 0.243 e. The number of nitrogens with zero attached hydrogens (tertiary/aromatic N) is 1. The Morgan fingerprint density at radius 2 is 2.09 bits per heavy atom. The lowest BCUT2D eigenvalue weighted by Gasteiger charge is -2.30. The molecule has 2 aliphatic rings. The number of hydrogen-bond acceptors (Lipinski definition) is 3. The molecule has 1 N–H and O–H groups in total. The van der Waals surface area contributed by atoms with Crippen molar-refractivity contribution in [1.29, 1.82) is 0 Å². The number of hydrogen-bond donors (Lipinski definition) is 1. The summed E-state index contributed by atoms with van der Waals surface area (Å²) >= 11 is 1.52. The molecular weight excluding hydrogens is 315 g/mol. The number of thioether (sulfide) groups is 1. The molecule has 0 spiro atoms. The van der Waals surface area contributed by atoms with Gasteiger partial charge in [0.1, 0.15) is 17.2 Å². The smallest absolute Gasteiger partial charge is 0.243 e. The molecule has 1 aliphatic heterocycles. The van der Waals surface area contributed by atoms with Crippen molar-refractivity contribution in [2.45, 2.75) is 44.1 Å². The molecular formula is C17H21FN2O2S. The Morgan fingerprint density at radius 3 is 2.70 bits per heavy atom. The van der Waals surface area contributed by atoms with Gasteiger partial charge in [0.2, 0.25) is 11.8 Å². The molecule has 1 aromatic rings. The van der Waals surface area contributed by atoms with Crippen LogP contribution in [0.4, 0.5) is 4.39 Å². The van der Waals surface area contributed by atoms with Crippen molar-refractivity contribution in [2.75, 3.05) is 5.75 Å². The predicted molar refractivity (Wildman–Crippen MR) is 88.2 cm³/mol. The molecule has 3 rings (SSSR count). The van der Waals surface area contributed by atoms with Gasteiger partial charge in [0.25, 0.3) is 0 Å². The Balaban J connectivity index is 1.86. The quantitative estimate of drug-likeness (QED) is 0.920. The Hall–Kier alpha value is -1.56. The second kappa shape index (κ2) is 6.51. The normalized spacial score (nSPS) is 24.1. The number of amides is 2. The first kappa shape index (κ1) is 16.3. The third-order valence-electron chi connectivity index (χ3n) is 4.11. The van der Waals surface area contributed by atoms with E-state index in [0.717, 1.165) is 18.4 Å². The average Bonchev–Trinajstić information content (AvgIpc) is 3.20. The van der Waals surface area contributed by atoms with E-state index in [2.05, 4.69) is 5.32 Å². The van der Waals surface area contributed by atoms with Gasteiger partial charge in [-0.1, -0.05) is 26.0 Å². The van der Waals surface area contributed by atoms with E-state index >= 15 is 0 Å². The van der Waals surface area contributed by atoms with Crippen LogP contribution in [0.2, 0.25) is 0 Å². The van der Waals surface area contributed by atoms with Crippen LogP contribution in [-0.2, 0) is 9.59 Å². The molecule has 2 unspecified atom stereocenters. The Morgan fingerprint density at radius 1 is 1.35 bits per heavy atom. The Labute approximate surface area is 139 Å². The van der Waals surface area contributed by atoms with Gasteiger partial charge in [-0.3, -0.25) is 9.59 Å². The monoisotopic (exact) mass is 336 g/mol. The highest BCUT2D eigenvalue weighted by atomic mass is 32.2. The maximum atomic E-state index is 13.6. The molecule has 1 saturated carbocycles. The van der Waals surface area contributed by atoms with Crippen LogP contribution in [0.15, 0.2) is 24.3 Å². The summed E-state index contributed by atoms with van der Waals surface area (Å²) in [6.45, 7) is 3.65. The molecule has 0 aromatic heterocycles. The van der Waals surface area contributed by atoms with Crippen LogP contribution in [0.3, 0.4) is 0 Å². The van der Waals surface area contributed by atoms with Crippen LogP contribution in [0.5, 0.6) is 0 Å². The average molecular weight is 336 g/mol. The van der Waals surface area contributed by atoms with Gasteiger partial charge < -0.3 is 10.2 Å². The summed E-state index contributed by atoms with van der Waals surface area (Å²) in [6, 6.07) is 6.05. The summed E-state index contributed by atoms with van der Waals surface area (Å²) in [5.74, 6) is -0.155. The first-order valence-corrected chi connectivity index (χ1v) is 9.02. The highest BCUT2D eigenvalue weighted by Crippen LogP contribution is 2.42. The van der Waals surface area contributed by atoms with Gasteiger partial charge in [-0.2, -0.15) is 0 Å². The summed E-state index contributed by atoms with van der Waals surface area (Å²) in [4.78, 5) is 26.8.